The molecule has 1 unspecified atom stereocenters. The second kappa shape index (κ2) is 6.81. The van der Waals surface area contributed by atoms with E-state index in [9.17, 15) is 18.0 Å². The summed E-state index contributed by atoms with van der Waals surface area (Å²) in [6, 6.07) is 4.60. The number of amides is 1. The van der Waals surface area contributed by atoms with Crippen molar-refractivity contribution >= 4 is 17.5 Å². The zero-order valence-electron chi connectivity index (χ0n) is 10.5. The number of aliphatic hydroxyl groups excluding tert-OH is 1. The van der Waals surface area contributed by atoms with Crippen LogP contribution in [0.25, 0.3) is 0 Å². The molecule has 1 aromatic rings. The number of aliphatic hydroxyl groups is 1. The highest BCUT2D eigenvalue weighted by Crippen LogP contribution is 2.23. The van der Waals surface area contributed by atoms with Gasteiger partial charge in [0.25, 0.3) is 0 Å². The predicted molar refractivity (Wildman–Crippen MR) is 66.8 cm³/mol. The van der Waals surface area contributed by atoms with E-state index < -0.39 is 24.7 Å². The highest BCUT2D eigenvalue weighted by Gasteiger charge is 2.38. The van der Waals surface area contributed by atoms with E-state index in [0.717, 1.165) is 0 Å². The summed E-state index contributed by atoms with van der Waals surface area (Å²) in [6.45, 7) is -0.898. The molecule has 0 fully saturated rings. The van der Waals surface area contributed by atoms with Crippen LogP contribution in [-0.4, -0.2) is 36.9 Å². The van der Waals surface area contributed by atoms with Gasteiger partial charge in [-0.25, -0.2) is 0 Å². The lowest BCUT2D eigenvalue weighted by molar-refractivity contribution is -0.201. The average molecular weight is 312 g/mol. The predicted octanol–water partition coefficient (Wildman–Crippen LogP) is 1.93. The fraction of sp³-hybridized carbons (Fsp3) is 0.417. The second-order valence-electron chi connectivity index (χ2n) is 3.99. The van der Waals surface area contributed by atoms with Crippen LogP contribution < -0.4 is 10.1 Å². The van der Waals surface area contributed by atoms with Crippen molar-refractivity contribution < 1.29 is 27.8 Å². The molecule has 0 saturated carbocycles. The Morgan fingerprint density at radius 3 is 2.70 bits per heavy atom. The summed E-state index contributed by atoms with van der Waals surface area (Å²) in [5, 5.41) is 11.1. The van der Waals surface area contributed by atoms with E-state index in [1.807, 2.05) is 5.32 Å². The summed E-state index contributed by atoms with van der Waals surface area (Å²) >= 11 is 5.77. The Balaban J connectivity index is 2.61. The number of nitrogens with one attached hydrogen (secondary N) is 1. The van der Waals surface area contributed by atoms with Crippen LogP contribution in [0.1, 0.15) is 5.56 Å². The van der Waals surface area contributed by atoms with Crippen LogP contribution in [0.4, 0.5) is 13.2 Å². The molecule has 0 aliphatic carbocycles. The lowest BCUT2D eigenvalue weighted by Crippen LogP contribution is -2.41. The molecule has 0 heterocycles. The first-order chi connectivity index (χ1) is 9.24. The van der Waals surface area contributed by atoms with Crippen LogP contribution in [-0.2, 0) is 11.2 Å². The highest BCUT2D eigenvalue weighted by molar-refractivity contribution is 6.30. The molecule has 0 spiro atoms. The van der Waals surface area contributed by atoms with Crippen LogP contribution in [0.2, 0.25) is 5.02 Å². The van der Waals surface area contributed by atoms with Crippen LogP contribution in [0.3, 0.4) is 0 Å². The number of benzene rings is 1. The molecule has 8 heteroatoms. The summed E-state index contributed by atoms with van der Waals surface area (Å²) < 4.78 is 41.2. The number of alkyl halides is 3. The molecule has 112 valence electrons. The lowest BCUT2D eigenvalue weighted by Gasteiger charge is -2.15. The first-order valence-electron chi connectivity index (χ1n) is 5.58. The standard InChI is InChI=1S/C12H13ClF3NO3/c1-20-9-3-2-8(13)4-7(9)5-11(19)17-6-10(18)12(14,15)16/h2-4,10,18H,5-6H2,1H3,(H,17,19). The summed E-state index contributed by atoms with van der Waals surface area (Å²) in [4.78, 5) is 11.5. The van der Waals surface area contributed by atoms with Gasteiger partial charge in [0.1, 0.15) is 5.75 Å². The quantitative estimate of drug-likeness (QED) is 0.873. The second-order valence-corrected chi connectivity index (χ2v) is 4.43. The van der Waals surface area contributed by atoms with Gasteiger partial charge in [-0.2, -0.15) is 13.2 Å². The molecule has 4 nitrogen and oxygen atoms in total. The Morgan fingerprint density at radius 1 is 1.50 bits per heavy atom. The monoisotopic (exact) mass is 311 g/mol. The number of hydrogen-bond donors (Lipinski definition) is 2. The van der Waals surface area contributed by atoms with E-state index >= 15 is 0 Å². The summed E-state index contributed by atoms with van der Waals surface area (Å²) in [5.74, 6) is -0.269. The van der Waals surface area contributed by atoms with Crippen LogP contribution in [0, 0.1) is 0 Å². The van der Waals surface area contributed by atoms with Gasteiger partial charge in [0.2, 0.25) is 5.91 Å². The molecule has 0 aromatic heterocycles. The first-order valence-corrected chi connectivity index (χ1v) is 5.95. The lowest BCUT2D eigenvalue weighted by atomic mass is 10.1. The number of hydrogen-bond acceptors (Lipinski definition) is 3. The zero-order valence-corrected chi connectivity index (χ0v) is 11.3. The number of carbonyl (C=O) groups is 1. The van der Waals surface area contributed by atoms with Gasteiger partial charge >= 0.3 is 6.18 Å². The third-order valence-electron chi connectivity index (χ3n) is 2.46. The molecule has 0 aliphatic rings. The van der Waals surface area contributed by atoms with E-state index in [1.165, 1.54) is 13.2 Å². The van der Waals surface area contributed by atoms with E-state index in [0.29, 0.717) is 16.3 Å². The van der Waals surface area contributed by atoms with E-state index in [-0.39, 0.29) is 6.42 Å². The molecule has 1 rings (SSSR count). The molecule has 0 saturated heterocycles. The minimum atomic E-state index is -4.76. The average Bonchev–Trinajstić information content (AvgIpc) is 2.35. The zero-order chi connectivity index (χ0) is 15.3. The van der Waals surface area contributed by atoms with Crippen molar-refractivity contribution in [3.63, 3.8) is 0 Å². The van der Waals surface area contributed by atoms with Crippen molar-refractivity contribution in [3.05, 3.63) is 28.8 Å². The van der Waals surface area contributed by atoms with Crippen molar-refractivity contribution in [3.8, 4) is 5.75 Å². The van der Waals surface area contributed by atoms with E-state index in [2.05, 4.69) is 0 Å². The van der Waals surface area contributed by atoms with Gasteiger partial charge in [-0.3, -0.25) is 4.79 Å². The minimum Gasteiger partial charge on any atom is -0.496 e. The normalized spacial score (nSPS) is 12.9. The van der Waals surface area contributed by atoms with Crippen molar-refractivity contribution in [2.75, 3.05) is 13.7 Å². The highest BCUT2D eigenvalue weighted by atomic mass is 35.5. The molecule has 2 N–H and O–H groups in total. The Labute approximate surface area is 118 Å². The minimum absolute atomic E-state index is 0.200. The maximum absolute atomic E-state index is 12.1. The van der Waals surface area contributed by atoms with Gasteiger partial charge in [0.05, 0.1) is 20.1 Å². The summed E-state index contributed by atoms with van der Waals surface area (Å²) in [7, 11) is 1.40. The van der Waals surface area contributed by atoms with Crippen LogP contribution >= 0.6 is 11.6 Å². The number of halogens is 4. The fourth-order valence-corrected chi connectivity index (χ4v) is 1.64. The number of rotatable bonds is 5. The van der Waals surface area contributed by atoms with E-state index in [4.69, 9.17) is 21.4 Å². The van der Waals surface area contributed by atoms with Crippen LogP contribution in [0.15, 0.2) is 18.2 Å². The Morgan fingerprint density at radius 2 is 2.15 bits per heavy atom. The van der Waals surface area contributed by atoms with Crippen molar-refractivity contribution in [2.45, 2.75) is 18.7 Å². The summed E-state index contributed by atoms with van der Waals surface area (Å²) in [6.07, 6.45) is -7.55. The summed E-state index contributed by atoms with van der Waals surface area (Å²) in [5.41, 5.74) is 0.444. The third kappa shape index (κ3) is 4.90. The van der Waals surface area contributed by atoms with Crippen molar-refractivity contribution in [2.24, 2.45) is 0 Å². The molecule has 1 amide bonds. The molecule has 1 aromatic carbocycles. The number of carbonyl (C=O) groups excluding carboxylic acids is 1. The molecular weight excluding hydrogens is 299 g/mol. The van der Waals surface area contributed by atoms with Crippen molar-refractivity contribution in [1.29, 1.82) is 0 Å². The third-order valence-corrected chi connectivity index (χ3v) is 2.70. The molecule has 0 bridgehead atoms. The maximum Gasteiger partial charge on any atom is 0.416 e. The molecular formula is C12H13ClF3NO3. The van der Waals surface area contributed by atoms with Crippen LogP contribution in [0.5, 0.6) is 5.75 Å². The van der Waals surface area contributed by atoms with Gasteiger partial charge in [0.15, 0.2) is 6.10 Å². The molecule has 0 radical (unpaired) electrons. The molecule has 20 heavy (non-hydrogen) atoms. The molecule has 1 atom stereocenters. The largest absolute Gasteiger partial charge is 0.496 e. The topological polar surface area (TPSA) is 58.6 Å². The van der Waals surface area contributed by atoms with Gasteiger partial charge in [-0.05, 0) is 18.2 Å². The van der Waals surface area contributed by atoms with Gasteiger partial charge in [-0.15, -0.1) is 0 Å². The number of methoxy groups -OCH3 is 1. The first kappa shape index (κ1) is 16.6. The fourth-order valence-electron chi connectivity index (χ4n) is 1.45. The van der Waals surface area contributed by atoms with Gasteiger partial charge in [0, 0.05) is 10.6 Å². The Hall–Kier alpha value is -1.47. The SMILES string of the molecule is COc1ccc(Cl)cc1CC(=O)NCC(O)C(F)(F)F. The maximum atomic E-state index is 12.1. The van der Waals surface area contributed by atoms with Gasteiger partial charge in [-0.1, -0.05) is 11.6 Å². The number of ether oxygens (including phenoxy) is 1. The Bertz CT molecular complexity index is 480. The smallest absolute Gasteiger partial charge is 0.416 e. The van der Waals surface area contributed by atoms with Gasteiger partial charge < -0.3 is 15.2 Å². The van der Waals surface area contributed by atoms with E-state index in [1.54, 1.807) is 12.1 Å². The molecule has 0 aliphatic heterocycles. The Kier molecular flexibility index (Phi) is 5.64. The van der Waals surface area contributed by atoms with Crippen molar-refractivity contribution in [1.82, 2.24) is 5.32 Å².